The summed E-state index contributed by atoms with van der Waals surface area (Å²) in [6.07, 6.45) is 5.56. The normalized spacial score (nSPS) is 22.8. The van der Waals surface area contributed by atoms with Gasteiger partial charge in [-0.3, -0.25) is 19.4 Å². The summed E-state index contributed by atoms with van der Waals surface area (Å²) in [5, 5.41) is 6.06. The predicted molar refractivity (Wildman–Crippen MR) is 163 cm³/mol. The number of amides is 1. The standard InChI is InChI=1S/C31H42N4O6S/c1-5-41-28-25(26(36)27(28)37)32-18-22-16-20(3)24(21(4)17-22)10-15-42(39,40)35-13-11-31(12-14-35)30(38)33-29(34-31)23-8-6-19(2)7-9-23/h16-17,19,23,32H,5-15,18H2,1-4H3,(H,33,34,38). The molecular formula is C31H42N4O6S. The first-order valence-electron chi connectivity index (χ1n) is 15.1. The van der Waals surface area contributed by atoms with E-state index in [-0.39, 0.29) is 36.2 Å². The van der Waals surface area contributed by atoms with Crippen molar-refractivity contribution in [3.8, 4) is 5.75 Å². The van der Waals surface area contributed by atoms with Crippen molar-refractivity contribution in [2.24, 2.45) is 16.8 Å². The molecule has 0 aromatic heterocycles. The number of amidine groups is 1. The molecule has 3 aliphatic rings. The Bertz CT molecular complexity index is 1530. The number of nitrogens with zero attached hydrogens (tertiary/aromatic N) is 2. The SMILES string of the molecule is CCOc1c(NCc2cc(C)c(CCS(=O)(=O)N3CCC4(CC3)N=C(C3CCC(C)CC3)NC4=O)c(C)c2)c(=O)c1=O. The number of piperidine rings is 1. The van der Waals surface area contributed by atoms with Crippen LogP contribution in [-0.2, 0) is 27.8 Å². The summed E-state index contributed by atoms with van der Waals surface area (Å²) < 4.78 is 33.5. The maximum Gasteiger partial charge on any atom is 0.272 e. The fourth-order valence-corrected chi connectivity index (χ4v) is 8.14. The molecule has 11 heteroatoms. The smallest absolute Gasteiger partial charge is 0.272 e. The van der Waals surface area contributed by atoms with Crippen LogP contribution in [0.15, 0.2) is 26.7 Å². The van der Waals surface area contributed by atoms with Crippen LogP contribution < -0.4 is 26.2 Å². The maximum absolute atomic E-state index is 13.3. The van der Waals surface area contributed by atoms with E-state index in [4.69, 9.17) is 9.73 Å². The highest BCUT2D eigenvalue weighted by molar-refractivity contribution is 7.89. The van der Waals surface area contributed by atoms with Crippen LogP contribution in [0.1, 0.15) is 74.6 Å². The van der Waals surface area contributed by atoms with Crippen molar-refractivity contribution in [2.45, 2.75) is 84.7 Å². The molecule has 1 saturated carbocycles. The largest absolute Gasteiger partial charge is 0.488 e. The summed E-state index contributed by atoms with van der Waals surface area (Å²) in [5.41, 5.74) is 2.03. The monoisotopic (exact) mass is 598 g/mol. The molecule has 1 aliphatic carbocycles. The van der Waals surface area contributed by atoms with Crippen LogP contribution in [0, 0.1) is 25.7 Å². The molecule has 0 radical (unpaired) electrons. The van der Waals surface area contributed by atoms with Crippen molar-refractivity contribution in [3.05, 3.63) is 54.8 Å². The molecule has 2 N–H and O–H groups in total. The Morgan fingerprint density at radius 3 is 2.31 bits per heavy atom. The van der Waals surface area contributed by atoms with Crippen molar-refractivity contribution in [3.63, 3.8) is 0 Å². The number of rotatable bonds is 10. The molecule has 5 rings (SSSR count). The van der Waals surface area contributed by atoms with Crippen molar-refractivity contribution < 1.29 is 17.9 Å². The Labute approximate surface area is 247 Å². The van der Waals surface area contributed by atoms with E-state index in [1.807, 2.05) is 26.0 Å². The number of hydrogen-bond acceptors (Lipinski definition) is 8. The van der Waals surface area contributed by atoms with Gasteiger partial charge in [-0.2, -0.15) is 0 Å². The lowest BCUT2D eigenvalue weighted by Crippen LogP contribution is -2.51. The Balaban J connectivity index is 1.17. The Morgan fingerprint density at radius 1 is 1.05 bits per heavy atom. The van der Waals surface area contributed by atoms with Gasteiger partial charge in [-0.1, -0.05) is 31.9 Å². The minimum atomic E-state index is -3.52. The van der Waals surface area contributed by atoms with Gasteiger partial charge >= 0.3 is 0 Å². The first-order chi connectivity index (χ1) is 19.9. The number of hydrogen-bond donors (Lipinski definition) is 2. The van der Waals surface area contributed by atoms with E-state index in [1.54, 1.807) is 6.92 Å². The quantitative estimate of drug-likeness (QED) is 0.402. The Kier molecular flexibility index (Phi) is 8.63. The summed E-state index contributed by atoms with van der Waals surface area (Å²) >= 11 is 0. The third kappa shape index (κ3) is 5.90. The predicted octanol–water partition coefficient (Wildman–Crippen LogP) is 2.97. The van der Waals surface area contributed by atoms with Gasteiger partial charge in [-0.15, -0.1) is 0 Å². The van der Waals surface area contributed by atoms with E-state index in [1.165, 1.54) is 4.31 Å². The molecule has 0 bridgehead atoms. The first kappa shape index (κ1) is 30.4. The van der Waals surface area contributed by atoms with Crippen molar-refractivity contribution in [2.75, 3.05) is 30.8 Å². The number of sulfonamides is 1. The van der Waals surface area contributed by atoms with Gasteiger partial charge < -0.3 is 15.4 Å². The zero-order valence-corrected chi connectivity index (χ0v) is 25.9. The van der Waals surface area contributed by atoms with Crippen LogP contribution in [0.3, 0.4) is 0 Å². The average Bonchev–Trinajstić information content (AvgIpc) is 3.27. The second-order valence-corrected chi connectivity index (χ2v) is 14.4. The molecule has 228 valence electrons. The van der Waals surface area contributed by atoms with Gasteiger partial charge in [0.25, 0.3) is 16.8 Å². The second kappa shape index (κ2) is 11.9. The van der Waals surface area contributed by atoms with E-state index < -0.39 is 26.4 Å². The van der Waals surface area contributed by atoms with Gasteiger partial charge in [0.15, 0.2) is 5.75 Å². The molecule has 2 aromatic carbocycles. The van der Waals surface area contributed by atoms with Gasteiger partial charge in [0.05, 0.1) is 12.4 Å². The van der Waals surface area contributed by atoms with E-state index in [2.05, 4.69) is 17.6 Å². The highest BCUT2D eigenvalue weighted by Gasteiger charge is 2.48. The summed E-state index contributed by atoms with van der Waals surface area (Å²) in [7, 11) is -3.52. The molecule has 2 fully saturated rings. The van der Waals surface area contributed by atoms with Gasteiger partial charge in [0, 0.05) is 25.6 Å². The van der Waals surface area contributed by atoms with Crippen LogP contribution in [0.2, 0.25) is 0 Å². The molecule has 0 atom stereocenters. The maximum atomic E-state index is 13.3. The number of carbonyl (C=O) groups excluding carboxylic acids is 1. The summed E-state index contributed by atoms with van der Waals surface area (Å²) in [6.45, 7) is 9.15. The molecule has 10 nitrogen and oxygen atoms in total. The number of anilines is 1. The topological polar surface area (TPSA) is 134 Å². The van der Waals surface area contributed by atoms with Gasteiger partial charge in [-0.05, 0) is 81.0 Å². The number of benzene rings is 1. The molecule has 1 spiro atoms. The third-order valence-electron chi connectivity index (χ3n) is 9.33. The fraction of sp³-hybridized carbons (Fsp3) is 0.613. The Hall–Kier alpha value is -3.05. The average molecular weight is 599 g/mol. The zero-order valence-electron chi connectivity index (χ0n) is 25.0. The van der Waals surface area contributed by atoms with Crippen molar-refractivity contribution >= 4 is 27.5 Å². The van der Waals surface area contributed by atoms with Crippen LogP contribution in [0.25, 0.3) is 0 Å². The first-order valence-corrected chi connectivity index (χ1v) is 16.7. The molecule has 42 heavy (non-hydrogen) atoms. The zero-order chi connectivity index (χ0) is 30.2. The van der Waals surface area contributed by atoms with E-state index >= 15 is 0 Å². The molecule has 0 unspecified atom stereocenters. The van der Waals surface area contributed by atoms with E-state index in [9.17, 15) is 22.8 Å². The minimum Gasteiger partial charge on any atom is -0.488 e. The summed E-state index contributed by atoms with van der Waals surface area (Å²) in [6, 6.07) is 3.94. The lowest BCUT2D eigenvalue weighted by molar-refractivity contribution is -0.125. The fourth-order valence-electron chi connectivity index (χ4n) is 6.69. The van der Waals surface area contributed by atoms with Crippen LogP contribution >= 0.6 is 0 Å². The van der Waals surface area contributed by atoms with E-state index in [0.29, 0.717) is 44.2 Å². The highest BCUT2D eigenvalue weighted by atomic mass is 32.2. The highest BCUT2D eigenvalue weighted by Crippen LogP contribution is 2.36. The number of aliphatic imine (C=N–C) groups is 1. The lowest BCUT2D eigenvalue weighted by atomic mass is 9.82. The number of nitrogens with one attached hydrogen (secondary N) is 2. The molecule has 2 heterocycles. The molecule has 2 aliphatic heterocycles. The third-order valence-corrected chi connectivity index (χ3v) is 11.2. The summed E-state index contributed by atoms with van der Waals surface area (Å²) in [4.78, 5) is 41.5. The van der Waals surface area contributed by atoms with E-state index in [0.717, 1.165) is 53.8 Å². The van der Waals surface area contributed by atoms with Crippen LogP contribution in [0.5, 0.6) is 5.75 Å². The minimum absolute atomic E-state index is 0.0124. The second-order valence-electron chi connectivity index (χ2n) is 12.3. The Morgan fingerprint density at radius 2 is 1.69 bits per heavy atom. The van der Waals surface area contributed by atoms with Crippen molar-refractivity contribution in [1.29, 1.82) is 0 Å². The number of aryl methyl sites for hydroxylation is 2. The lowest BCUT2D eigenvalue weighted by Gasteiger charge is -2.34. The van der Waals surface area contributed by atoms with Gasteiger partial charge in [0.1, 0.15) is 17.1 Å². The molecular weight excluding hydrogens is 556 g/mol. The molecule has 1 amide bonds. The van der Waals surface area contributed by atoms with Crippen LogP contribution in [-0.4, -0.2) is 55.5 Å². The number of carbonyl (C=O) groups is 1. The van der Waals surface area contributed by atoms with Gasteiger partial charge in [-0.25, -0.2) is 12.7 Å². The number of ether oxygens (including phenoxy) is 1. The summed E-state index contributed by atoms with van der Waals surface area (Å²) in [5.74, 6) is 1.82. The molecule has 1 saturated heterocycles. The van der Waals surface area contributed by atoms with Crippen LogP contribution in [0.4, 0.5) is 5.69 Å². The van der Waals surface area contributed by atoms with Crippen molar-refractivity contribution in [1.82, 2.24) is 9.62 Å². The molecule has 2 aromatic rings. The van der Waals surface area contributed by atoms with Gasteiger partial charge in [0.2, 0.25) is 10.0 Å².